The zero-order valence-electron chi connectivity index (χ0n) is 67.4. The van der Waals surface area contributed by atoms with Crippen LogP contribution in [0.1, 0.15) is 44.9 Å². The Kier molecular flexibility index (Phi) is 37.6. The van der Waals surface area contributed by atoms with E-state index in [1.807, 2.05) is 0 Å². The highest BCUT2D eigenvalue weighted by atomic mass is 19.3. The van der Waals surface area contributed by atoms with Crippen LogP contribution in [-0.4, -0.2) is 470 Å². The summed E-state index contributed by atoms with van der Waals surface area (Å²) in [6.45, 7) is -2.54. The van der Waals surface area contributed by atoms with Crippen LogP contribution in [0.2, 0.25) is 0 Å². The predicted molar refractivity (Wildman–Crippen MR) is 406 cm³/mol. The molecular formula is C69H135F2N17O35. The Bertz CT molecular complexity index is 3030. The van der Waals surface area contributed by atoms with Crippen molar-refractivity contribution in [2.75, 3.05) is 59.1 Å². The molecule has 0 bridgehead atoms. The van der Waals surface area contributed by atoms with Crippen molar-refractivity contribution < 1.29 is 181 Å². The lowest BCUT2D eigenvalue weighted by molar-refractivity contribution is -0.333. The first kappa shape index (κ1) is 103. The molecule has 52 nitrogen and oxygen atoms in total. The van der Waals surface area contributed by atoms with E-state index in [2.05, 4.69) is 0 Å². The van der Waals surface area contributed by atoms with Gasteiger partial charge < -0.3 is 270 Å². The molecule has 720 valence electrons. The van der Waals surface area contributed by atoms with Gasteiger partial charge in [-0.1, -0.05) is 0 Å². The van der Waals surface area contributed by atoms with Crippen molar-refractivity contribution in [1.82, 2.24) is 0 Å². The Morgan fingerprint density at radius 1 is 0.252 bits per heavy atom. The molecule has 52 atom stereocenters. The number of alkyl halides is 2. The topological polar surface area (TPSA) is 952 Å². The number of ether oxygens (including phenoxy) is 18. The highest BCUT2D eigenvalue weighted by Crippen LogP contribution is 2.41. The van der Waals surface area contributed by atoms with E-state index >= 15 is 0 Å². The molecule has 51 N–H and O–H groups in total. The Balaban J connectivity index is 0.000000193. The summed E-state index contributed by atoms with van der Waals surface area (Å²) in [7, 11) is 0. The van der Waals surface area contributed by atoms with Crippen molar-refractivity contribution in [1.29, 1.82) is 0 Å². The number of aliphatic hydroxyl groups is 17. The maximum absolute atomic E-state index is 14.4. The summed E-state index contributed by atoms with van der Waals surface area (Å²) < 4.78 is 133. The van der Waals surface area contributed by atoms with E-state index in [4.69, 9.17) is 183 Å². The fraction of sp³-hybridized carbons (Fsp3) is 1.00. The van der Waals surface area contributed by atoms with Gasteiger partial charge >= 0.3 is 5.92 Å². The van der Waals surface area contributed by atoms with Crippen LogP contribution in [0, 0.1) is 0 Å². The summed E-state index contributed by atoms with van der Waals surface area (Å²) in [4.78, 5) is 0. The van der Waals surface area contributed by atoms with Crippen LogP contribution in [0.15, 0.2) is 0 Å². The zero-order chi connectivity index (χ0) is 90.6. The quantitative estimate of drug-likeness (QED) is 0.0363. The summed E-state index contributed by atoms with van der Waals surface area (Å²) >= 11 is 0. The molecule has 12 aliphatic rings. The van der Waals surface area contributed by atoms with Gasteiger partial charge in [-0.25, -0.2) is 8.78 Å². The maximum Gasteiger partial charge on any atom is 0.302 e. The summed E-state index contributed by atoms with van der Waals surface area (Å²) in [6, 6.07) is -10.9. The van der Waals surface area contributed by atoms with Crippen LogP contribution in [0.25, 0.3) is 0 Å². The van der Waals surface area contributed by atoms with E-state index in [1.165, 1.54) is 0 Å². The van der Waals surface area contributed by atoms with Gasteiger partial charge in [0, 0.05) is 75.5 Å². The van der Waals surface area contributed by atoms with Crippen molar-refractivity contribution in [2.45, 2.75) is 369 Å². The molecule has 3 saturated carbocycles. The molecule has 9 aliphatic heterocycles. The maximum atomic E-state index is 14.4. The van der Waals surface area contributed by atoms with Crippen LogP contribution in [0.4, 0.5) is 8.78 Å². The summed E-state index contributed by atoms with van der Waals surface area (Å²) in [6.07, 6.45) is -50.4. The van der Waals surface area contributed by atoms with Crippen LogP contribution >= 0.6 is 0 Å². The van der Waals surface area contributed by atoms with Gasteiger partial charge in [0.15, 0.2) is 56.6 Å². The monoisotopic (exact) mass is 1800 g/mol. The molecule has 12 fully saturated rings. The number of nitrogens with two attached hydrogens (primary N) is 17. The Morgan fingerprint density at radius 3 is 0.854 bits per heavy atom. The second kappa shape index (κ2) is 45.0. The molecular weight excluding hydrogens is 1660 g/mol. The molecule has 3 aliphatic carbocycles. The van der Waals surface area contributed by atoms with Crippen molar-refractivity contribution >= 4 is 0 Å². The molecule has 0 aromatic carbocycles. The van der Waals surface area contributed by atoms with Crippen molar-refractivity contribution in [3.8, 4) is 0 Å². The van der Waals surface area contributed by atoms with Gasteiger partial charge in [0.1, 0.15) is 165 Å². The number of aliphatic hydroxyl groups excluding tert-OH is 17. The number of rotatable bonds is 27. The fourth-order valence-corrected chi connectivity index (χ4v) is 17.0. The van der Waals surface area contributed by atoms with Gasteiger partial charge in [-0.3, -0.25) is 0 Å². The van der Waals surface area contributed by atoms with Crippen LogP contribution in [-0.2, 0) is 85.3 Å². The van der Waals surface area contributed by atoms with Crippen LogP contribution in [0.5, 0.6) is 0 Å². The second-order valence-electron chi connectivity index (χ2n) is 33.3. The van der Waals surface area contributed by atoms with Crippen molar-refractivity contribution in [3.63, 3.8) is 0 Å². The van der Waals surface area contributed by atoms with E-state index in [9.17, 15) is 95.6 Å². The van der Waals surface area contributed by atoms with Gasteiger partial charge in [-0.2, -0.15) is 0 Å². The van der Waals surface area contributed by atoms with E-state index in [0.29, 0.717) is 25.7 Å². The fourth-order valence-electron chi connectivity index (χ4n) is 17.0. The second-order valence-corrected chi connectivity index (χ2v) is 33.3. The van der Waals surface area contributed by atoms with Crippen molar-refractivity contribution in [3.05, 3.63) is 0 Å². The molecule has 0 aromatic rings. The zero-order valence-corrected chi connectivity index (χ0v) is 67.4. The molecule has 0 spiro atoms. The molecule has 54 heteroatoms. The van der Waals surface area contributed by atoms with Gasteiger partial charge in [0.25, 0.3) is 0 Å². The Hall–Kier alpha value is -2.22. The first-order valence-corrected chi connectivity index (χ1v) is 41.2. The van der Waals surface area contributed by atoms with E-state index in [1.54, 1.807) is 0 Å². The van der Waals surface area contributed by atoms with Crippen molar-refractivity contribution in [2.24, 2.45) is 97.5 Å². The minimum atomic E-state index is -3.78. The predicted octanol–water partition coefficient (Wildman–Crippen LogP) is -21.3. The highest BCUT2D eigenvalue weighted by Gasteiger charge is 2.62. The molecule has 12 rings (SSSR count). The standard InChI is InChI=1S/C23H44F2N6O12.C23H46N6O11.C23H45N5O12/c24-23(25)9(3-27)40-21(11(31)19(23)37)41-16-6(29)1-5(28)12(33)18(16)43-22-15(36)17(8(4-32)39-22)42-20-10(30)14(35)13(34)7(2-26)38-20;24-4-7-1-2-8(26)21(35-7)38-18-10(28)3-9(27)14(31)20(18)40-23-17(34)19(12(6-30)37-23)39-22-13(29)16(33)15(32)11(5-25)36-22;24-4-7-1-2-10(30)21(35-7)38-18-9(27)3-8(26)14(31)20(18)40-23-17(34)19(12(6-29)37-23)39-22-13(28)16(33)15(32)11(5-25)36-22/h5-22,32-37H,1-4,26-31H2;7-23,30-34H,1-6,24-29H2;7-23,29-34H,1-6,24-28H2/t5-,6+,7+,8-,9-,10-,11-,12+,13-,14-,15-,16-,17-,18-,19-,20-,21-,22+;7-,8+,9+,10-,11-,12+,13+,14-,15+,16+,17+,18+,19+,20+,21+,22+,23-;7-,8+,9-,10+,11-,12+,13+,14-,15+,16+,17+,18+,19+,20+,21+,22+,23-/m100/s1. The molecule has 0 unspecified atom stereocenters. The lowest BCUT2D eigenvalue weighted by atomic mass is 9.84. The number of hydrogen-bond acceptors (Lipinski definition) is 52. The smallest absolute Gasteiger partial charge is 0.302 e. The molecule has 0 amide bonds. The first-order valence-electron chi connectivity index (χ1n) is 41.2. The molecule has 9 heterocycles. The molecule has 0 aromatic heterocycles. The van der Waals surface area contributed by atoms with Gasteiger partial charge in [0.05, 0.1) is 80.5 Å². The Labute approximate surface area is 704 Å². The van der Waals surface area contributed by atoms with Crippen LogP contribution < -0.4 is 97.5 Å². The summed E-state index contributed by atoms with van der Waals surface area (Å²) in [5.74, 6) is -3.78. The van der Waals surface area contributed by atoms with E-state index < -0.39 is 338 Å². The molecule has 9 saturated heterocycles. The largest absolute Gasteiger partial charge is 0.394 e. The van der Waals surface area contributed by atoms with Gasteiger partial charge in [-0.15, -0.1) is 0 Å². The number of halogens is 2. The lowest BCUT2D eigenvalue weighted by Crippen LogP contribution is -2.69. The highest BCUT2D eigenvalue weighted by molar-refractivity contribution is 5.07. The molecule has 0 radical (unpaired) electrons. The third-order valence-electron chi connectivity index (χ3n) is 24.6. The third kappa shape index (κ3) is 22.8. The average Bonchev–Trinajstić information content (AvgIpc) is 1.78. The van der Waals surface area contributed by atoms with Gasteiger partial charge in [0.2, 0.25) is 0 Å². The van der Waals surface area contributed by atoms with Gasteiger partial charge in [-0.05, 0) is 44.9 Å². The SMILES string of the molecule is NC[C@@H]1CC[C@@H](N)[C@@H](O[C@H]2[C@H](O[C@@H]3O[C@H](CO)[C@@H](O[C@H]4O[C@@H](CN)[C@@H](O)[C@H](O)[C@H]4N)[C@H]3O)[C@@H](O)[C@H](N)C[C@@H]2N)O1.NC[C@@H]1CC[C@@H](O)[C@@H](O[C@H]2[C@H](O[C@@H]3O[C@H](CO)[C@@H](O[C@H]4O[C@@H](CN)[C@@H](O)[C@H](O)[C@H]4N)[C@H]3O)[C@@H](O)[C@H](N)C[C@@H]2N)O1.NC[C@@H]1O[C@H](O[C@H]2[C@@H](O)[C@H](O[C@@H]3[C@@H](O)[C@H](N)C[C@H](N)[C@H]3O[C@H]3O[C@H](CN)C(F)(F)[C@H](O)[C@H]3N)O[C@@H]2CO)[C@H](N)[C@@H](O)[C@@H]1O. The van der Waals surface area contributed by atoms with E-state index in [0.717, 1.165) is 0 Å². The summed E-state index contributed by atoms with van der Waals surface area (Å²) in [5.41, 5.74) is 101. The minimum absolute atomic E-state index is 0.0147. The third-order valence-corrected chi connectivity index (χ3v) is 24.6. The first-order chi connectivity index (χ1) is 58.2. The Morgan fingerprint density at radius 2 is 0.537 bits per heavy atom. The summed E-state index contributed by atoms with van der Waals surface area (Å²) in [5, 5.41) is 178. The van der Waals surface area contributed by atoms with Crippen LogP contribution in [0.3, 0.4) is 0 Å². The normalized spacial score (nSPS) is 52.2. The van der Waals surface area contributed by atoms with E-state index in [-0.39, 0.29) is 64.2 Å². The minimum Gasteiger partial charge on any atom is -0.394 e. The average molecular weight is 1800 g/mol. The lowest BCUT2D eigenvalue weighted by Gasteiger charge is -2.47. The molecule has 123 heavy (non-hydrogen) atoms. The number of hydrogen-bond donors (Lipinski definition) is 34.